The Hall–Kier alpha value is -11.6. The van der Waals surface area contributed by atoms with Gasteiger partial charge in [0.25, 0.3) is 5.79 Å². The van der Waals surface area contributed by atoms with Crippen molar-refractivity contribution in [3.63, 3.8) is 0 Å². The number of aromatic nitrogens is 6. The van der Waals surface area contributed by atoms with Crippen LogP contribution in [0.4, 0.5) is 0 Å². The van der Waals surface area contributed by atoms with E-state index in [2.05, 4.69) is 112 Å². The number of aliphatic imine (C=N–C) groups is 2. The third-order valence-electron chi connectivity index (χ3n) is 16.0. The van der Waals surface area contributed by atoms with Crippen molar-refractivity contribution >= 4 is 11.4 Å². The lowest BCUT2D eigenvalue weighted by Gasteiger charge is -2.24. The summed E-state index contributed by atoms with van der Waals surface area (Å²) in [7, 11) is 6.69. The second-order valence-electron chi connectivity index (χ2n) is 21.1. The molecular formula is C76H58N8O4. The minimum Gasteiger partial charge on any atom is -0.497 e. The lowest BCUT2D eigenvalue weighted by atomic mass is 10.00. The molecule has 0 saturated carbocycles. The minimum atomic E-state index is -1.10. The molecule has 0 atom stereocenters. The lowest BCUT2D eigenvalue weighted by Crippen LogP contribution is -2.26. The highest BCUT2D eigenvalue weighted by Gasteiger charge is 2.50. The summed E-state index contributed by atoms with van der Waals surface area (Å²) in [5.41, 5.74) is 19.1. The predicted octanol–water partition coefficient (Wildman–Crippen LogP) is 17.0. The molecule has 0 amide bonds. The third kappa shape index (κ3) is 9.97. The molecule has 3 aromatic heterocycles. The molecule has 15 rings (SSSR count). The first-order chi connectivity index (χ1) is 43.4. The van der Waals surface area contributed by atoms with Gasteiger partial charge in [-0.1, -0.05) is 170 Å². The van der Waals surface area contributed by atoms with Crippen LogP contribution in [0.15, 0.2) is 277 Å². The normalized spacial score (nSPS) is 12.5. The molecule has 426 valence electrons. The number of nitrogens with zero attached hydrogens (tertiary/aromatic N) is 6. The van der Waals surface area contributed by atoms with Crippen LogP contribution in [0, 0.1) is 0 Å². The molecule has 0 unspecified atom stereocenters. The molecule has 5 heterocycles. The van der Waals surface area contributed by atoms with Crippen LogP contribution >= 0.6 is 0 Å². The summed E-state index contributed by atoms with van der Waals surface area (Å²) in [5.74, 6) is 4.42. The van der Waals surface area contributed by atoms with E-state index in [9.17, 15) is 0 Å². The maximum Gasteiger partial charge on any atom is 0.262 e. The quantitative estimate of drug-likeness (QED) is 0.111. The summed E-state index contributed by atoms with van der Waals surface area (Å²) in [6.07, 6.45) is 0. The molecule has 88 heavy (non-hydrogen) atoms. The number of rotatable bonds is 14. The van der Waals surface area contributed by atoms with Crippen LogP contribution in [-0.4, -0.2) is 69.3 Å². The van der Waals surface area contributed by atoms with Gasteiger partial charge >= 0.3 is 0 Å². The molecule has 0 fully saturated rings. The molecule has 13 aromatic rings. The van der Waals surface area contributed by atoms with Crippen molar-refractivity contribution < 1.29 is 18.9 Å². The van der Waals surface area contributed by atoms with Gasteiger partial charge in [-0.2, -0.15) is 0 Å². The van der Waals surface area contributed by atoms with Gasteiger partial charge in [0.1, 0.15) is 40.5 Å². The first kappa shape index (κ1) is 54.3. The van der Waals surface area contributed by atoms with Gasteiger partial charge in [0.2, 0.25) is 0 Å². The van der Waals surface area contributed by atoms with Crippen molar-refractivity contribution in [3.8, 4) is 125 Å². The lowest BCUT2D eigenvalue weighted by molar-refractivity contribution is 0.414. The van der Waals surface area contributed by atoms with Crippen molar-refractivity contribution in [2.24, 2.45) is 9.98 Å². The highest BCUT2D eigenvalue weighted by molar-refractivity contribution is 6.54. The maximum atomic E-state index is 5.58. The summed E-state index contributed by atoms with van der Waals surface area (Å²) in [6, 6.07) is 89.9. The van der Waals surface area contributed by atoms with E-state index in [1.165, 1.54) is 0 Å². The minimum absolute atomic E-state index is 0.746. The largest absolute Gasteiger partial charge is 0.497 e. The van der Waals surface area contributed by atoms with Crippen LogP contribution in [0.3, 0.4) is 0 Å². The van der Waals surface area contributed by atoms with Gasteiger partial charge in [0.15, 0.2) is 0 Å². The Bertz CT molecular complexity index is 4490. The van der Waals surface area contributed by atoms with Crippen LogP contribution in [0.5, 0.6) is 23.0 Å². The molecule has 0 radical (unpaired) electrons. The third-order valence-corrected chi connectivity index (χ3v) is 16.0. The van der Waals surface area contributed by atoms with E-state index in [0.29, 0.717) is 0 Å². The molecule has 12 heteroatoms. The van der Waals surface area contributed by atoms with Gasteiger partial charge in [-0.15, -0.1) is 0 Å². The van der Waals surface area contributed by atoms with Gasteiger partial charge < -0.3 is 28.9 Å². The number of H-pyrrole nitrogens is 2. The number of imidazole rings is 3. The number of nitrogens with one attached hydrogen (secondary N) is 2. The van der Waals surface area contributed by atoms with Crippen LogP contribution in [0.1, 0.15) is 16.7 Å². The van der Waals surface area contributed by atoms with E-state index < -0.39 is 5.79 Å². The summed E-state index contributed by atoms with van der Waals surface area (Å²) in [5, 5.41) is 0. The van der Waals surface area contributed by atoms with E-state index >= 15 is 0 Å². The van der Waals surface area contributed by atoms with Crippen molar-refractivity contribution in [3.05, 3.63) is 284 Å². The topological polar surface area (TPSA) is 137 Å². The fourth-order valence-corrected chi connectivity index (χ4v) is 11.7. The van der Waals surface area contributed by atoms with Gasteiger partial charge in [0, 0.05) is 66.8 Å². The Morgan fingerprint density at radius 2 is 0.636 bits per heavy atom. The van der Waals surface area contributed by atoms with Crippen molar-refractivity contribution in [1.29, 1.82) is 0 Å². The van der Waals surface area contributed by atoms with Gasteiger partial charge in [-0.3, -0.25) is 4.57 Å². The predicted molar refractivity (Wildman–Crippen MR) is 351 cm³/mol. The maximum absolute atomic E-state index is 5.58. The Morgan fingerprint density at radius 1 is 0.307 bits per heavy atom. The number of benzene rings is 10. The monoisotopic (exact) mass is 1150 g/mol. The first-order valence-corrected chi connectivity index (χ1v) is 28.9. The Kier molecular flexibility index (Phi) is 14.5. The summed E-state index contributed by atoms with van der Waals surface area (Å²) in [6.45, 7) is 0. The van der Waals surface area contributed by atoms with Gasteiger partial charge in [-0.05, 0) is 97.1 Å². The Labute approximate surface area is 509 Å². The highest BCUT2D eigenvalue weighted by atomic mass is 16.5. The average molecular weight is 1150 g/mol. The van der Waals surface area contributed by atoms with Crippen LogP contribution in [0.25, 0.3) is 102 Å². The highest BCUT2D eigenvalue weighted by Crippen LogP contribution is 2.53. The molecule has 2 aliphatic rings. The summed E-state index contributed by atoms with van der Waals surface area (Å²) in [4.78, 5) is 34.2. The molecule has 2 N–H and O–H groups in total. The summed E-state index contributed by atoms with van der Waals surface area (Å²) >= 11 is 0. The zero-order valence-corrected chi connectivity index (χ0v) is 48.7. The second-order valence-corrected chi connectivity index (χ2v) is 21.1. The van der Waals surface area contributed by atoms with Crippen LogP contribution < -0.4 is 18.9 Å². The number of methoxy groups -OCH3 is 4. The van der Waals surface area contributed by atoms with E-state index in [4.69, 9.17) is 43.9 Å². The molecule has 12 nitrogen and oxygen atoms in total. The zero-order chi connectivity index (χ0) is 59.6. The molecule has 0 bridgehead atoms. The Morgan fingerprint density at radius 3 is 1.07 bits per heavy atom. The number of hydrogen-bond acceptors (Lipinski definition) is 9. The van der Waals surface area contributed by atoms with E-state index in [-0.39, 0.29) is 0 Å². The van der Waals surface area contributed by atoms with Gasteiger partial charge in [-0.25, -0.2) is 24.9 Å². The standard InChI is InChI=1S/C38H28N4O2.C38H30N4O2/c1-43-29-21-17-26(18-22-29)33-34(27-19-23-30(44-2)24-20-27)41-38(40-33)32-16-10-9-15-31(32)37-39-35(25-11-5-3-6-12-25)36(42(37)38)28-13-7-4-8-14-28;1-43-29-21-17-27(18-22-29)35-36(28-19-23-30(44-2)24-20-28)42-38(41-35)32-16-10-9-15-31(32)37-39-33(25-11-5-3-6-12-25)34(40-37)26-13-7-4-8-14-26/h3-24H,1-2H3;3-24H,1-2H3,(H,39,40)(H,41,42). The second kappa shape index (κ2) is 23.4. The van der Waals surface area contributed by atoms with Gasteiger partial charge in [0.05, 0.1) is 74.0 Å². The van der Waals surface area contributed by atoms with E-state index in [1.807, 2.05) is 170 Å². The van der Waals surface area contributed by atoms with Crippen molar-refractivity contribution in [2.75, 3.05) is 28.4 Å². The molecule has 0 aliphatic carbocycles. The smallest absolute Gasteiger partial charge is 0.262 e. The summed E-state index contributed by atoms with van der Waals surface area (Å²) < 4.78 is 24.0. The fourth-order valence-electron chi connectivity index (χ4n) is 11.7. The average Bonchev–Trinajstić information content (AvgIpc) is 1.90. The van der Waals surface area contributed by atoms with Crippen LogP contribution in [-0.2, 0) is 5.79 Å². The Balaban J connectivity index is 0.000000155. The molecule has 10 aromatic carbocycles. The molecule has 1 spiro atoms. The van der Waals surface area contributed by atoms with Crippen molar-refractivity contribution in [1.82, 2.24) is 29.5 Å². The van der Waals surface area contributed by atoms with E-state index in [0.717, 1.165) is 153 Å². The number of ether oxygens (including phenoxy) is 4. The SMILES string of the molecule is COc1ccc(-c2nc(-c3ccccc3-c3nc(-c4ccccc4)c(-c4ccccc4)[nH]3)[nH]c2-c2ccc(OC)cc2)cc1.COc1ccc(C2=NC3(N=C2c2ccc(OC)cc2)c2ccccc2-c2nc(-c4ccccc4)c(-c4ccccc4)n23)cc1. The number of hydrogen-bond donors (Lipinski definition) is 2. The molecule has 0 saturated heterocycles. The fraction of sp³-hybridized carbons (Fsp3) is 0.0658. The first-order valence-electron chi connectivity index (χ1n) is 28.9. The number of fused-ring (bicyclic) bond motifs is 5. The van der Waals surface area contributed by atoms with E-state index in [1.54, 1.807) is 28.4 Å². The molecule has 2 aliphatic heterocycles. The van der Waals surface area contributed by atoms with Crippen LogP contribution in [0.2, 0.25) is 0 Å². The zero-order valence-electron chi connectivity index (χ0n) is 48.7. The van der Waals surface area contributed by atoms with Crippen molar-refractivity contribution in [2.45, 2.75) is 5.79 Å². The molecular weight excluding hydrogens is 1090 g/mol. The number of aromatic amines is 2.